The van der Waals surface area contributed by atoms with Gasteiger partial charge in [-0.25, -0.2) is 0 Å². The molecular formula is C19H20ClN3O4. The van der Waals surface area contributed by atoms with Crippen LogP contribution in [0.2, 0.25) is 5.02 Å². The maximum Gasteiger partial charge on any atom is 0.313 e. The van der Waals surface area contributed by atoms with Gasteiger partial charge in [0, 0.05) is 30.3 Å². The molecule has 0 spiro atoms. The number of nitrogens with zero attached hydrogens (tertiary/aromatic N) is 1. The van der Waals surface area contributed by atoms with Crippen molar-refractivity contribution in [1.82, 2.24) is 10.2 Å². The standard InChI is InChI=1S/C19H20ClN3O4/c20-15-2-1-3-16(10-15)22-18(25)17(24)21-11-13-4-7-23(8-5-13)19(26)14-6-9-27-12-14/h1-3,6,9-10,12-13H,4-5,7-8,11H2,(H,21,24)(H,22,25). The van der Waals surface area contributed by atoms with E-state index >= 15 is 0 Å². The van der Waals surface area contributed by atoms with Gasteiger partial charge in [0.25, 0.3) is 5.91 Å². The largest absolute Gasteiger partial charge is 0.472 e. The summed E-state index contributed by atoms with van der Waals surface area (Å²) in [6.45, 7) is 1.62. The zero-order chi connectivity index (χ0) is 19.2. The molecule has 1 aliphatic heterocycles. The number of nitrogens with one attached hydrogen (secondary N) is 2. The van der Waals surface area contributed by atoms with Crippen LogP contribution in [-0.2, 0) is 9.59 Å². The van der Waals surface area contributed by atoms with Crippen molar-refractivity contribution in [2.75, 3.05) is 25.0 Å². The second-order valence-corrected chi connectivity index (χ2v) is 6.86. The van der Waals surface area contributed by atoms with Crippen LogP contribution in [0.25, 0.3) is 0 Å². The summed E-state index contributed by atoms with van der Waals surface area (Å²) in [5.74, 6) is -1.25. The number of amides is 3. The number of anilines is 1. The molecule has 27 heavy (non-hydrogen) atoms. The summed E-state index contributed by atoms with van der Waals surface area (Å²) in [6, 6.07) is 8.24. The van der Waals surface area contributed by atoms with Gasteiger partial charge in [-0.15, -0.1) is 0 Å². The first-order chi connectivity index (χ1) is 13.0. The Labute approximate surface area is 161 Å². The average Bonchev–Trinajstić information content (AvgIpc) is 3.20. The highest BCUT2D eigenvalue weighted by Gasteiger charge is 2.25. The molecule has 1 fully saturated rings. The van der Waals surface area contributed by atoms with Crippen LogP contribution < -0.4 is 10.6 Å². The summed E-state index contributed by atoms with van der Waals surface area (Å²) in [7, 11) is 0. The van der Waals surface area contributed by atoms with Gasteiger partial charge in [0.15, 0.2) is 0 Å². The first-order valence-corrected chi connectivity index (χ1v) is 9.07. The summed E-state index contributed by atoms with van der Waals surface area (Å²) in [4.78, 5) is 37.9. The molecule has 7 nitrogen and oxygen atoms in total. The molecular weight excluding hydrogens is 370 g/mol. The number of halogens is 1. The van der Waals surface area contributed by atoms with Crippen molar-refractivity contribution in [2.45, 2.75) is 12.8 Å². The fourth-order valence-electron chi connectivity index (χ4n) is 2.98. The predicted octanol–water partition coefficient (Wildman–Crippen LogP) is 2.54. The highest BCUT2D eigenvalue weighted by molar-refractivity contribution is 6.39. The lowest BCUT2D eigenvalue weighted by Crippen LogP contribution is -2.43. The monoisotopic (exact) mass is 389 g/mol. The van der Waals surface area contributed by atoms with E-state index in [0.717, 1.165) is 12.8 Å². The third kappa shape index (κ3) is 5.10. The summed E-state index contributed by atoms with van der Waals surface area (Å²) in [6.07, 6.45) is 4.44. The van der Waals surface area contributed by atoms with E-state index in [1.54, 1.807) is 35.2 Å². The summed E-state index contributed by atoms with van der Waals surface area (Å²) >= 11 is 5.85. The predicted molar refractivity (Wildman–Crippen MR) is 100 cm³/mol. The number of rotatable bonds is 4. The second-order valence-electron chi connectivity index (χ2n) is 6.42. The Morgan fingerprint density at radius 1 is 1.15 bits per heavy atom. The highest BCUT2D eigenvalue weighted by atomic mass is 35.5. The Bertz CT molecular complexity index is 814. The number of furan rings is 1. The van der Waals surface area contributed by atoms with Gasteiger partial charge in [-0.05, 0) is 43.0 Å². The van der Waals surface area contributed by atoms with Crippen LogP contribution in [0, 0.1) is 5.92 Å². The molecule has 142 valence electrons. The quantitative estimate of drug-likeness (QED) is 0.786. The molecule has 1 aromatic heterocycles. The highest BCUT2D eigenvalue weighted by Crippen LogP contribution is 2.19. The molecule has 0 bridgehead atoms. The van der Waals surface area contributed by atoms with Crippen molar-refractivity contribution in [3.63, 3.8) is 0 Å². The minimum atomic E-state index is -0.732. The zero-order valence-corrected chi connectivity index (χ0v) is 15.4. The molecule has 1 aromatic carbocycles. The average molecular weight is 390 g/mol. The fourth-order valence-corrected chi connectivity index (χ4v) is 3.17. The topological polar surface area (TPSA) is 91.7 Å². The Kier molecular flexibility index (Phi) is 6.13. The lowest BCUT2D eigenvalue weighted by molar-refractivity contribution is -0.136. The summed E-state index contributed by atoms with van der Waals surface area (Å²) in [5, 5.41) is 5.64. The number of hydrogen-bond acceptors (Lipinski definition) is 4. The maximum atomic E-state index is 12.3. The molecule has 3 rings (SSSR count). The molecule has 0 aliphatic carbocycles. The van der Waals surface area contributed by atoms with E-state index in [-0.39, 0.29) is 11.8 Å². The van der Waals surface area contributed by atoms with Crippen LogP contribution in [0.1, 0.15) is 23.2 Å². The Morgan fingerprint density at radius 3 is 2.59 bits per heavy atom. The van der Waals surface area contributed by atoms with E-state index in [1.165, 1.54) is 12.5 Å². The van der Waals surface area contributed by atoms with E-state index in [2.05, 4.69) is 10.6 Å². The molecule has 2 heterocycles. The lowest BCUT2D eigenvalue weighted by atomic mass is 9.96. The minimum absolute atomic E-state index is 0.0489. The van der Waals surface area contributed by atoms with Gasteiger partial charge in [-0.1, -0.05) is 17.7 Å². The van der Waals surface area contributed by atoms with Crippen LogP contribution >= 0.6 is 11.6 Å². The Hall–Kier alpha value is -2.80. The van der Waals surface area contributed by atoms with Crippen molar-refractivity contribution < 1.29 is 18.8 Å². The van der Waals surface area contributed by atoms with Crippen molar-refractivity contribution in [3.05, 3.63) is 53.4 Å². The number of piperidine rings is 1. The Balaban J connectivity index is 1.41. The number of likely N-dealkylation sites (tertiary alicyclic amines) is 1. The van der Waals surface area contributed by atoms with Crippen LogP contribution in [0.3, 0.4) is 0 Å². The van der Waals surface area contributed by atoms with Gasteiger partial charge in [-0.2, -0.15) is 0 Å². The summed E-state index contributed by atoms with van der Waals surface area (Å²) in [5.41, 5.74) is 1.01. The first-order valence-electron chi connectivity index (χ1n) is 8.69. The molecule has 8 heteroatoms. The number of carbonyl (C=O) groups is 3. The fraction of sp³-hybridized carbons (Fsp3) is 0.316. The van der Waals surface area contributed by atoms with E-state index in [9.17, 15) is 14.4 Å². The van der Waals surface area contributed by atoms with Gasteiger partial charge in [0.2, 0.25) is 0 Å². The third-order valence-corrected chi connectivity index (χ3v) is 4.74. The molecule has 1 aliphatic rings. The molecule has 0 saturated carbocycles. The van der Waals surface area contributed by atoms with Crippen molar-refractivity contribution in [1.29, 1.82) is 0 Å². The molecule has 3 amide bonds. The van der Waals surface area contributed by atoms with Crippen molar-refractivity contribution >= 4 is 35.0 Å². The van der Waals surface area contributed by atoms with E-state index in [4.69, 9.17) is 16.0 Å². The second kappa shape index (κ2) is 8.73. The van der Waals surface area contributed by atoms with Crippen molar-refractivity contribution in [3.8, 4) is 0 Å². The maximum absolute atomic E-state index is 12.3. The third-order valence-electron chi connectivity index (χ3n) is 4.51. The van der Waals surface area contributed by atoms with Gasteiger partial charge in [0.1, 0.15) is 6.26 Å². The first kappa shape index (κ1) is 19.0. The SMILES string of the molecule is O=C(NCC1CCN(C(=O)c2ccoc2)CC1)C(=O)Nc1cccc(Cl)c1. The zero-order valence-electron chi connectivity index (χ0n) is 14.6. The van der Waals surface area contributed by atoms with Gasteiger partial charge >= 0.3 is 11.8 Å². The summed E-state index contributed by atoms with van der Waals surface area (Å²) < 4.78 is 4.94. The van der Waals surface area contributed by atoms with E-state index in [1.807, 2.05) is 0 Å². The molecule has 2 aromatic rings. The number of benzene rings is 1. The van der Waals surface area contributed by atoms with Gasteiger partial charge in [-0.3, -0.25) is 14.4 Å². The normalized spacial score (nSPS) is 14.6. The number of carbonyl (C=O) groups excluding carboxylic acids is 3. The molecule has 1 saturated heterocycles. The molecule has 0 unspecified atom stereocenters. The smallest absolute Gasteiger partial charge is 0.313 e. The Morgan fingerprint density at radius 2 is 1.93 bits per heavy atom. The van der Waals surface area contributed by atoms with Gasteiger partial charge < -0.3 is 20.0 Å². The van der Waals surface area contributed by atoms with Crippen LogP contribution in [-0.4, -0.2) is 42.3 Å². The van der Waals surface area contributed by atoms with Gasteiger partial charge in [0.05, 0.1) is 11.8 Å². The van der Waals surface area contributed by atoms with Crippen LogP contribution in [0.5, 0.6) is 0 Å². The van der Waals surface area contributed by atoms with Crippen LogP contribution in [0.15, 0.2) is 47.3 Å². The lowest BCUT2D eigenvalue weighted by Gasteiger charge is -2.31. The number of hydrogen-bond donors (Lipinski definition) is 2. The minimum Gasteiger partial charge on any atom is -0.472 e. The molecule has 0 radical (unpaired) electrons. The molecule has 0 atom stereocenters. The van der Waals surface area contributed by atoms with E-state index < -0.39 is 11.8 Å². The molecule has 2 N–H and O–H groups in total. The van der Waals surface area contributed by atoms with Crippen LogP contribution in [0.4, 0.5) is 5.69 Å². The van der Waals surface area contributed by atoms with E-state index in [0.29, 0.717) is 35.9 Å². The van der Waals surface area contributed by atoms with Crippen molar-refractivity contribution in [2.24, 2.45) is 5.92 Å².